The van der Waals surface area contributed by atoms with Gasteiger partial charge in [-0.05, 0) is 18.6 Å². The summed E-state index contributed by atoms with van der Waals surface area (Å²) in [4.78, 5) is 4.26. The molecule has 0 spiro atoms. The number of unbranched alkanes of at least 4 members (excludes halogenated alkanes) is 1. The van der Waals surface area contributed by atoms with Crippen LogP contribution in [-0.4, -0.2) is 17.3 Å². The molecular weight excluding hydrogens is 279 g/mol. The van der Waals surface area contributed by atoms with E-state index in [0.29, 0.717) is 12.8 Å². The van der Waals surface area contributed by atoms with Gasteiger partial charge < -0.3 is 4.74 Å². The van der Waals surface area contributed by atoms with E-state index in [2.05, 4.69) is 4.98 Å². The third-order valence-corrected chi connectivity index (χ3v) is 3.20. The van der Waals surface area contributed by atoms with Crippen molar-refractivity contribution in [3.8, 4) is 5.88 Å². The molecule has 2 rings (SSSR count). The zero-order valence-electron chi connectivity index (χ0n) is 11.9. The molecule has 2 nitrogen and oxygen atoms in total. The van der Waals surface area contributed by atoms with Gasteiger partial charge in [0.25, 0.3) is 0 Å². The number of hydrogen-bond acceptors (Lipinski definition) is 2. The first-order chi connectivity index (χ1) is 9.98. The number of nitrogens with zero attached hydrogens (tertiary/aromatic N) is 1. The van der Waals surface area contributed by atoms with E-state index in [4.69, 9.17) is 4.74 Å². The number of halogens is 3. The van der Waals surface area contributed by atoms with Crippen molar-refractivity contribution < 1.29 is 17.9 Å². The molecule has 114 valence electrons. The maximum Gasteiger partial charge on any atom is 0.392 e. The number of aromatic nitrogens is 1. The normalized spacial score (nSPS) is 13.3. The van der Waals surface area contributed by atoms with Gasteiger partial charge in [0.2, 0.25) is 5.88 Å². The van der Waals surface area contributed by atoms with Crippen molar-refractivity contribution in [3.05, 3.63) is 36.4 Å². The highest BCUT2D eigenvalue weighted by atomic mass is 19.4. The van der Waals surface area contributed by atoms with Gasteiger partial charge in [-0.25, -0.2) is 4.98 Å². The molecule has 0 aliphatic rings. The Kier molecular flexibility index (Phi) is 5.04. The third-order valence-electron chi connectivity index (χ3n) is 3.20. The second-order valence-electron chi connectivity index (χ2n) is 5.04. The van der Waals surface area contributed by atoms with Gasteiger partial charge >= 0.3 is 6.18 Å². The largest absolute Gasteiger partial charge is 0.474 e. The highest BCUT2D eigenvalue weighted by Crippen LogP contribution is 2.27. The van der Waals surface area contributed by atoms with Crippen molar-refractivity contribution >= 4 is 10.9 Å². The van der Waals surface area contributed by atoms with E-state index >= 15 is 0 Å². The molecule has 0 radical (unpaired) electrons. The average Bonchev–Trinajstić information content (AvgIpc) is 2.43. The van der Waals surface area contributed by atoms with Crippen LogP contribution in [0.5, 0.6) is 5.88 Å². The number of hydrogen-bond donors (Lipinski definition) is 0. The van der Waals surface area contributed by atoms with Gasteiger partial charge in [0.15, 0.2) is 0 Å². The minimum Gasteiger partial charge on any atom is -0.474 e. The lowest BCUT2D eigenvalue weighted by molar-refractivity contribution is -0.151. The van der Waals surface area contributed by atoms with Crippen LogP contribution >= 0.6 is 0 Å². The lowest BCUT2D eigenvalue weighted by atomic mass is 10.1. The van der Waals surface area contributed by atoms with E-state index in [1.165, 1.54) is 0 Å². The van der Waals surface area contributed by atoms with Crippen molar-refractivity contribution in [2.24, 2.45) is 0 Å². The van der Waals surface area contributed by atoms with E-state index in [1.807, 2.05) is 37.3 Å². The van der Waals surface area contributed by atoms with Crippen molar-refractivity contribution in [1.82, 2.24) is 4.98 Å². The number of ether oxygens (including phenoxy) is 1. The lowest BCUT2D eigenvalue weighted by Gasteiger charge is -2.20. The minimum absolute atomic E-state index is 0.249. The summed E-state index contributed by atoms with van der Waals surface area (Å²) in [6.07, 6.45) is -4.13. The van der Waals surface area contributed by atoms with Gasteiger partial charge in [-0.3, -0.25) is 0 Å². The molecule has 0 aliphatic heterocycles. The van der Waals surface area contributed by atoms with E-state index in [0.717, 1.165) is 17.3 Å². The molecule has 0 amide bonds. The Balaban J connectivity index is 2.13. The van der Waals surface area contributed by atoms with E-state index < -0.39 is 18.7 Å². The second kappa shape index (κ2) is 6.78. The van der Waals surface area contributed by atoms with Gasteiger partial charge in [0.1, 0.15) is 6.10 Å². The Hall–Kier alpha value is -1.78. The summed E-state index contributed by atoms with van der Waals surface area (Å²) < 4.78 is 43.2. The number of pyridine rings is 1. The van der Waals surface area contributed by atoms with Crippen LogP contribution in [0.25, 0.3) is 10.9 Å². The van der Waals surface area contributed by atoms with Crippen LogP contribution in [0.4, 0.5) is 13.2 Å². The van der Waals surface area contributed by atoms with Crippen LogP contribution in [0.2, 0.25) is 0 Å². The van der Waals surface area contributed by atoms with Crippen LogP contribution in [0.1, 0.15) is 32.6 Å². The molecule has 0 saturated heterocycles. The van der Waals surface area contributed by atoms with Crippen LogP contribution in [0, 0.1) is 0 Å². The fourth-order valence-electron chi connectivity index (χ4n) is 2.18. The Morgan fingerprint density at radius 2 is 1.90 bits per heavy atom. The summed E-state index contributed by atoms with van der Waals surface area (Å²) in [5.74, 6) is 0.249. The molecule has 0 aliphatic carbocycles. The highest BCUT2D eigenvalue weighted by Gasteiger charge is 2.33. The molecule has 0 saturated carbocycles. The fourth-order valence-corrected chi connectivity index (χ4v) is 2.18. The first-order valence-electron chi connectivity index (χ1n) is 7.07. The minimum atomic E-state index is -4.23. The van der Waals surface area contributed by atoms with Crippen LogP contribution in [0.15, 0.2) is 36.4 Å². The predicted octanol–water partition coefficient (Wildman–Crippen LogP) is 5.12. The second-order valence-corrected chi connectivity index (χ2v) is 5.04. The topological polar surface area (TPSA) is 22.1 Å². The van der Waals surface area contributed by atoms with E-state index in [9.17, 15) is 13.2 Å². The Bertz CT molecular complexity index is 583. The van der Waals surface area contributed by atoms with Crippen LogP contribution in [-0.2, 0) is 0 Å². The SMILES string of the molecule is CCCCC(CC(F)(F)F)Oc1ccc2ccccc2n1. The number of alkyl halides is 3. The summed E-state index contributed by atoms with van der Waals surface area (Å²) in [6.45, 7) is 1.94. The van der Waals surface area contributed by atoms with Crippen LogP contribution < -0.4 is 4.74 Å². The molecule has 1 unspecified atom stereocenters. The fraction of sp³-hybridized carbons (Fsp3) is 0.438. The Labute approximate surface area is 121 Å². The monoisotopic (exact) mass is 297 g/mol. The molecule has 0 fully saturated rings. The Morgan fingerprint density at radius 3 is 2.62 bits per heavy atom. The van der Waals surface area contributed by atoms with Gasteiger partial charge in [-0.1, -0.05) is 38.0 Å². The lowest BCUT2D eigenvalue weighted by Crippen LogP contribution is -2.25. The number of rotatable bonds is 6. The van der Waals surface area contributed by atoms with E-state index in [1.54, 1.807) is 6.07 Å². The molecule has 5 heteroatoms. The average molecular weight is 297 g/mol. The first kappa shape index (κ1) is 15.6. The zero-order valence-corrected chi connectivity index (χ0v) is 11.9. The summed E-state index contributed by atoms with van der Waals surface area (Å²) >= 11 is 0. The molecule has 1 atom stereocenters. The molecular formula is C16H18F3NO. The van der Waals surface area contributed by atoms with Gasteiger partial charge in [-0.15, -0.1) is 0 Å². The first-order valence-corrected chi connectivity index (χ1v) is 7.07. The number of benzene rings is 1. The molecule has 1 aromatic heterocycles. The zero-order chi connectivity index (χ0) is 15.3. The van der Waals surface area contributed by atoms with Crippen molar-refractivity contribution in [2.75, 3.05) is 0 Å². The molecule has 2 aromatic rings. The summed E-state index contributed by atoms with van der Waals surface area (Å²) in [7, 11) is 0. The van der Waals surface area contributed by atoms with Gasteiger partial charge in [0.05, 0.1) is 11.9 Å². The smallest absolute Gasteiger partial charge is 0.392 e. The number of fused-ring (bicyclic) bond motifs is 1. The van der Waals surface area contributed by atoms with Crippen LogP contribution in [0.3, 0.4) is 0 Å². The predicted molar refractivity (Wildman–Crippen MR) is 76.4 cm³/mol. The van der Waals surface area contributed by atoms with Gasteiger partial charge in [-0.2, -0.15) is 13.2 Å². The summed E-state index contributed by atoms with van der Waals surface area (Å²) in [5.41, 5.74) is 0.719. The molecule has 0 bridgehead atoms. The van der Waals surface area contributed by atoms with Gasteiger partial charge in [0, 0.05) is 11.5 Å². The Morgan fingerprint density at radius 1 is 1.14 bits per heavy atom. The standard InChI is InChI=1S/C16H18F3NO/c1-2-3-7-13(11-16(17,18)19)21-15-10-9-12-6-4-5-8-14(12)20-15/h4-6,8-10,13H,2-3,7,11H2,1H3. The molecule has 0 N–H and O–H groups in total. The maximum absolute atomic E-state index is 12.6. The van der Waals surface area contributed by atoms with Crippen molar-refractivity contribution in [3.63, 3.8) is 0 Å². The quantitative estimate of drug-likeness (QED) is 0.738. The van der Waals surface area contributed by atoms with Crippen molar-refractivity contribution in [2.45, 2.75) is 44.9 Å². The molecule has 1 heterocycles. The van der Waals surface area contributed by atoms with Crippen molar-refractivity contribution in [1.29, 1.82) is 0 Å². The summed E-state index contributed by atoms with van der Waals surface area (Å²) in [6, 6.07) is 10.9. The number of para-hydroxylation sites is 1. The maximum atomic E-state index is 12.6. The third kappa shape index (κ3) is 4.92. The molecule has 1 aromatic carbocycles. The highest BCUT2D eigenvalue weighted by molar-refractivity contribution is 5.78. The van der Waals surface area contributed by atoms with E-state index in [-0.39, 0.29) is 5.88 Å². The molecule has 21 heavy (non-hydrogen) atoms. The summed E-state index contributed by atoms with van der Waals surface area (Å²) in [5, 5.41) is 0.936.